The molecule has 7 nitrogen and oxygen atoms in total. The highest BCUT2D eigenvalue weighted by Gasteiger charge is 2.26. The minimum absolute atomic E-state index is 0.0114. The number of hydrogen-bond acceptors (Lipinski definition) is 5. The lowest BCUT2D eigenvalue weighted by molar-refractivity contribution is 0.0952. The van der Waals surface area contributed by atoms with E-state index in [2.05, 4.69) is 10.0 Å². The maximum absolute atomic E-state index is 12.7. The Morgan fingerprint density at radius 1 is 1.36 bits per heavy atom. The smallest absolute Gasteiger partial charge is 0.251 e. The van der Waals surface area contributed by atoms with E-state index in [4.69, 9.17) is 10.5 Å². The maximum Gasteiger partial charge on any atom is 0.251 e. The van der Waals surface area contributed by atoms with E-state index in [9.17, 15) is 13.2 Å². The van der Waals surface area contributed by atoms with Crippen LogP contribution < -0.4 is 20.5 Å². The molecular weight excluding hydrogens is 342 g/mol. The van der Waals surface area contributed by atoms with Crippen molar-refractivity contribution in [3.05, 3.63) is 23.8 Å². The van der Waals surface area contributed by atoms with Crippen LogP contribution in [0.25, 0.3) is 0 Å². The number of carbonyl (C=O) groups is 1. The van der Waals surface area contributed by atoms with Gasteiger partial charge in [0.05, 0.1) is 7.11 Å². The van der Waals surface area contributed by atoms with Gasteiger partial charge in [-0.2, -0.15) is 0 Å². The van der Waals surface area contributed by atoms with Crippen molar-refractivity contribution >= 4 is 15.9 Å². The van der Waals surface area contributed by atoms with Gasteiger partial charge in [0.15, 0.2) is 0 Å². The van der Waals surface area contributed by atoms with E-state index in [-0.39, 0.29) is 34.2 Å². The number of hydrogen-bond donors (Lipinski definition) is 3. The van der Waals surface area contributed by atoms with E-state index in [1.54, 1.807) is 6.07 Å². The summed E-state index contributed by atoms with van der Waals surface area (Å²) in [4.78, 5) is 12.2. The average Bonchev–Trinajstić information content (AvgIpc) is 3.06. The first-order chi connectivity index (χ1) is 11.8. The van der Waals surface area contributed by atoms with Crippen molar-refractivity contribution in [2.24, 2.45) is 5.73 Å². The molecule has 8 heteroatoms. The SMILES string of the molecule is COc1ccc(C(=O)NCCC(C)N)cc1S(=O)(=O)NC1CCCC1. The topological polar surface area (TPSA) is 111 Å². The van der Waals surface area contributed by atoms with Crippen molar-refractivity contribution in [3.63, 3.8) is 0 Å². The van der Waals surface area contributed by atoms with E-state index < -0.39 is 10.0 Å². The molecule has 1 atom stereocenters. The van der Waals surface area contributed by atoms with Gasteiger partial charge in [0.1, 0.15) is 10.6 Å². The summed E-state index contributed by atoms with van der Waals surface area (Å²) >= 11 is 0. The fourth-order valence-corrected chi connectivity index (χ4v) is 4.37. The van der Waals surface area contributed by atoms with Gasteiger partial charge >= 0.3 is 0 Å². The molecule has 1 aromatic rings. The third-order valence-electron chi connectivity index (χ3n) is 4.28. The molecule has 1 aromatic carbocycles. The fourth-order valence-electron chi connectivity index (χ4n) is 2.87. The van der Waals surface area contributed by atoms with Crippen LogP contribution in [0.5, 0.6) is 5.75 Å². The Labute approximate surface area is 149 Å². The highest BCUT2D eigenvalue weighted by Crippen LogP contribution is 2.27. The molecule has 1 saturated carbocycles. The van der Waals surface area contributed by atoms with Gasteiger partial charge in [-0.15, -0.1) is 0 Å². The van der Waals surface area contributed by atoms with Crippen molar-refractivity contribution in [2.75, 3.05) is 13.7 Å². The van der Waals surface area contributed by atoms with Crippen molar-refractivity contribution in [1.82, 2.24) is 10.0 Å². The molecule has 140 valence electrons. The summed E-state index contributed by atoms with van der Waals surface area (Å²) in [5.41, 5.74) is 5.93. The summed E-state index contributed by atoms with van der Waals surface area (Å²) in [7, 11) is -2.34. The number of amides is 1. The molecule has 0 aliphatic heterocycles. The third-order valence-corrected chi connectivity index (χ3v) is 5.82. The highest BCUT2D eigenvalue weighted by atomic mass is 32.2. The number of nitrogens with one attached hydrogen (secondary N) is 2. The monoisotopic (exact) mass is 369 g/mol. The summed E-state index contributed by atoms with van der Waals surface area (Å²) in [5.74, 6) is -0.113. The third kappa shape index (κ3) is 5.42. The molecule has 25 heavy (non-hydrogen) atoms. The minimum Gasteiger partial charge on any atom is -0.495 e. The van der Waals surface area contributed by atoms with Gasteiger partial charge in [0.2, 0.25) is 10.0 Å². The second kappa shape index (κ2) is 8.64. The van der Waals surface area contributed by atoms with Crippen LogP contribution in [-0.2, 0) is 10.0 Å². The zero-order chi connectivity index (χ0) is 18.4. The van der Waals surface area contributed by atoms with Crippen LogP contribution >= 0.6 is 0 Å². The van der Waals surface area contributed by atoms with E-state index in [1.807, 2.05) is 6.92 Å². The number of rotatable bonds is 8. The molecule has 0 saturated heterocycles. The fraction of sp³-hybridized carbons (Fsp3) is 0.588. The summed E-state index contributed by atoms with van der Waals surface area (Å²) in [5, 5.41) is 2.74. The molecule has 1 unspecified atom stereocenters. The lowest BCUT2D eigenvalue weighted by atomic mass is 10.2. The number of ether oxygens (including phenoxy) is 1. The Morgan fingerprint density at radius 2 is 2.04 bits per heavy atom. The molecule has 0 bridgehead atoms. The molecule has 0 radical (unpaired) electrons. The van der Waals surface area contributed by atoms with Crippen LogP contribution in [0, 0.1) is 0 Å². The lowest BCUT2D eigenvalue weighted by Gasteiger charge is -2.16. The first kappa shape index (κ1) is 19.7. The maximum atomic E-state index is 12.7. The summed E-state index contributed by atoms with van der Waals surface area (Å²) < 4.78 is 33.3. The predicted molar refractivity (Wildman–Crippen MR) is 96.2 cm³/mol. The molecule has 0 aromatic heterocycles. The summed E-state index contributed by atoms with van der Waals surface area (Å²) in [6, 6.07) is 4.34. The van der Waals surface area contributed by atoms with E-state index in [0.717, 1.165) is 25.7 Å². The van der Waals surface area contributed by atoms with Crippen molar-refractivity contribution in [2.45, 2.75) is 56.0 Å². The Morgan fingerprint density at radius 3 is 2.64 bits per heavy atom. The van der Waals surface area contributed by atoms with Crippen molar-refractivity contribution in [3.8, 4) is 5.75 Å². The van der Waals surface area contributed by atoms with Gasteiger partial charge in [-0.1, -0.05) is 12.8 Å². The molecule has 4 N–H and O–H groups in total. The Hall–Kier alpha value is -1.64. The van der Waals surface area contributed by atoms with Crippen LogP contribution in [-0.4, -0.2) is 40.1 Å². The van der Waals surface area contributed by atoms with Gasteiger partial charge < -0.3 is 15.8 Å². The lowest BCUT2D eigenvalue weighted by Crippen LogP contribution is -2.33. The van der Waals surface area contributed by atoms with Gasteiger partial charge in [-0.05, 0) is 44.4 Å². The summed E-state index contributed by atoms with van der Waals surface area (Å²) in [6.45, 7) is 2.30. The Bertz CT molecular complexity index is 698. The van der Waals surface area contributed by atoms with Gasteiger partial charge in [-0.25, -0.2) is 13.1 Å². The molecule has 1 fully saturated rings. The number of nitrogens with two attached hydrogens (primary N) is 1. The standard InChI is InChI=1S/C17H27N3O4S/c1-12(18)9-10-19-17(21)13-7-8-15(24-2)16(11-13)25(22,23)20-14-5-3-4-6-14/h7-8,11-12,14,20H,3-6,9-10,18H2,1-2H3,(H,19,21). The second-order valence-corrected chi connectivity index (χ2v) is 8.17. The van der Waals surface area contributed by atoms with E-state index >= 15 is 0 Å². The van der Waals surface area contributed by atoms with Crippen molar-refractivity contribution in [1.29, 1.82) is 0 Å². The molecule has 0 heterocycles. The largest absolute Gasteiger partial charge is 0.495 e. The molecule has 2 rings (SSSR count). The second-order valence-electron chi connectivity index (χ2n) is 6.49. The minimum atomic E-state index is -3.75. The van der Waals surface area contributed by atoms with E-state index in [0.29, 0.717) is 13.0 Å². The van der Waals surface area contributed by atoms with Gasteiger partial charge in [-0.3, -0.25) is 4.79 Å². The molecule has 1 amide bonds. The highest BCUT2D eigenvalue weighted by molar-refractivity contribution is 7.89. The van der Waals surface area contributed by atoms with Crippen LogP contribution in [0.15, 0.2) is 23.1 Å². The van der Waals surface area contributed by atoms with E-state index in [1.165, 1.54) is 19.2 Å². The van der Waals surface area contributed by atoms with Crippen LogP contribution in [0.4, 0.5) is 0 Å². The quantitative estimate of drug-likeness (QED) is 0.641. The first-order valence-electron chi connectivity index (χ1n) is 8.57. The number of methoxy groups -OCH3 is 1. The molecular formula is C17H27N3O4S. The Balaban J connectivity index is 2.19. The van der Waals surface area contributed by atoms with Gasteiger partial charge in [0.25, 0.3) is 5.91 Å². The van der Waals surface area contributed by atoms with Crippen LogP contribution in [0.2, 0.25) is 0 Å². The number of sulfonamides is 1. The summed E-state index contributed by atoms with van der Waals surface area (Å²) in [6.07, 6.45) is 4.35. The zero-order valence-electron chi connectivity index (χ0n) is 14.7. The number of carbonyl (C=O) groups excluding carboxylic acids is 1. The Kier molecular flexibility index (Phi) is 6.80. The average molecular weight is 369 g/mol. The zero-order valence-corrected chi connectivity index (χ0v) is 15.6. The number of benzene rings is 1. The first-order valence-corrected chi connectivity index (χ1v) is 10.1. The van der Waals surface area contributed by atoms with Crippen molar-refractivity contribution < 1.29 is 17.9 Å². The molecule has 1 aliphatic carbocycles. The molecule has 1 aliphatic rings. The van der Waals surface area contributed by atoms with Crippen LogP contribution in [0.3, 0.4) is 0 Å². The normalized spacial score (nSPS) is 16.6. The molecule has 0 spiro atoms. The van der Waals surface area contributed by atoms with Gasteiger partial charge in [0, 0.05) is 24.2 Å². The van der Waals surface area contributed by atoms with Crippen LogP contribution in [0.1, 0.15) is 49.4 Å². The predicted octanol–water partition coefficient (Wildman–Crippen LogP) is 1.38.